The highest BCUT2D eigenvalue weighted by Crippen LogP contribution is 2.35. The summed E-state index contributed by atoms with van der Waals surface area (Å²) in [6.45, 7) is 6.87. The van der Waals surface area contributed by atoms with Crippen LogP contribution < -0.4 is 10.1 Å². The second-order valence-electron chi connectivity index (χ2n) is 7.34. The third kappa shape index (κ3) is 4.91. The molecule has 0 spiro atoms. The van der Waals surface area contributed by atoms with Crippen LogP contribution in [0.5, 0.6) is 5.75 Å². The minimum absolute atomic E-state index is 0.212. The van der Waals surface area contributed by atoms with E-state index in [2.05, 4.69) is 10.1 Å². The van der Waals surface area contributed by atoms with E-state index in [1.165, 1.54) is 0 Å². The fourth-order valence-corrected chi connectivity index (χ4v) is 2.40. The topological polar surface area (TPSA) is 73.9 Å². The predicted octanol–water partition coefficient (Wildman–Crippen LogP) is 3.10. The Morgan fingerprint density at radius 2 is 1.52 bits per heavy atom. The molecule has 0 aliphatic carbocycles. The third-order valence-corrected chi connectivity index (χ3v) is 3.96. The maximum absolute atomic E-state index is 13.5. The zero-order valence-corrected chi connectivity index (χ0v) is 15.9. The van der Waals surface area contributed by atoms with E-state index in [0.29, 0.717) is 6.08 Å². The molecule has 1 aromatic carbocycles. The van der Waals surface area contributed by atoms with Gasteiger partial charge < -0.3 is 19.5 Å². The maximum atomic E-state index is 13.5. The van der Waals surface area contributed by atoms with Crippen molar-refractivity contribution in [3.63, 3.8) is 0 Å². The van der Waals surface area contributed by atoms with Gasteiger partial charge in [0.25, 0.3) is 5.91 Å². The quantitative estimate of drug-likeness (QED) is 0.201. The third-order valence-electron chi connectivity index (χ3n) is 3.96. The summed E-state index contributed by atoms with van der Waals surface area (Å²) in [5.41, 5.74) is -0.705. The summed E-state index contributed by atoms with van der Waals surface area (Å²) < 4.78 is 81.4. The van der Waals surface area contributed by atoms with Crippen molar-refractivity contribution in [2.24, 2.45) is 5.41 Å². The molecule has 1 fully saturated rings. The molecule has 0 aromatic heterocycles. The van der Waals surface area contributed by atoms with Gasteiger partial charge >= 0.3 is 5.97 Å². The van der Waals surface area contributed by atoms with Gasteiger partial charge in [-0.25, -0.2) is 18.0 Å². The summed E-state index contributed by atoms with van der Waals surface area (Å²) in [4.78, 5) is 23.9. The molecule has 11 heteroatoms. The first-order chi connectivity index (χ1) is 13.3. The number of amides is 1. The lowest BCUT2D eigenvalue weighted by Gasteiger charge is -2.44. The maximum Gasteiger partial charge on any atom is 0.337 e. The fraction of sp³-hybridized carbons (Fsp3) is 0.444. The second kappa shape index (κ2) is 8.07. The average Bonchev–Trinajstić information content (AvgIpc) is 2.64. The lowest BCUT2D eigenvalue weighted by Crippen LogP contribution is -2.55. The zero-order valence-electron chi connectivity index (χ0n) is 15.9. The van der Waals surface area contributed by atoms with Crippen molar-refractivity contribution in [1.29, 1.82) is 0 Å². The van der Waals surface area contributed by atoms with Crippen LogP contribution in [0.3, 0.4) is 0 Å². The smallest absolute Gasteiger partial charge is 0.337 e. The molecule has 0 unspecified atom stereocenters. The first-order valence-electron chi connectivity index (χ1n) is 8.29. The van der Waals surface area contributed by atoms with Crippen molar-refractivity contribution < 1.29 is 45.8 Å². The number of ether oxygens (including phenoxy) is 3. The lowest BCUT2D eigenvalue weighted by atomic mass is 9.85. The van der Waals surface area contributed by atoms with Crippen LogP contribution in [0.1, 0.15) is 27.7 Å². The standard InChI is InChI=1S/C18H18F5NO5/c1-17(2)7-27-18(3,4)29-15(17)16(26)24-6-5-8(25)28-14-12(22)10(20)9(19)11(21)13(14)23/h5-6,15H,7H2,1-4H3,(H,24,26)/b6-5-/t15-/m0/s1. The van der Waals surface area contributed by atoms with E-state index in [4.69, 9.17) is 9.47 Å². The Morgan fingerprint density at radius 3 is 2.07 bits per heavy atom. The number of hydrogen-bond acceptors (Lipinski definition) is 5. The molecule has 6 nitrogen and oxygen atoms in total. The van der Waals surface area contributed by atoms with Gasteiger partial charge in [0.1, 0.15) is 6.10 Å². The number of carbonyl (C=O) groups excluding carboxylic acids is 2. The molecular formula is C18H18F5NO5. The van der Waals surface area contributed by atoms with Crippen molar-refractivity contribution in [3.8, 4) is 5.75 Å². The lowest BCUT2D eigenvalue weighted by molar-refractivity contribution is -0.303. The van der Waals surface area contributed by atoms with Gasteiger partial charge in [-0.2, -0.15) is 8.78 Å². The van der Waals surface area contributed by atoms with Gasteiger partial charge in [0.2, 0.25) is 34.8 Å². The van der Waals surface area contributed by atoms with Crippen molar-refractivity contribution in [2.75, 3.05) is 6.61 Å². The molecule has 2 rings (SSSR count). The van der Waals surface area contributed by atoms with E-state index >= 15 is 0 Å². The van der Waals surface area contributed by atoms with E-state index in [1.807, 2.05) is 0 Å². The summed E-state index contributed by atoms with van der Waals surface area (Å²) in [6.07, 6.45) is 0.369. The van der Waals surface area contributed by atoms with E-state index < -0.39 is 64.0 Å². The summed E-state index contributed by atoms with van der Waals surface area (Å²) >= 11 is 0. The summed E-state index contributed by atoms with van der Waals surface area (Å²) in [6, 6.07) is 0. The van der Waals surface area contributed by atoms with Crippen molar-refractivity contribution in [1.82, 2.24) is 5.32 Å². The highest BCUT2D eigenvalue weighted by Gasteiger charge is 2.45. The van der Waals surface area contributed by atoms with Crippen LogP contribution in [0.15, 0.2) is 12.3 Å². The van der Waals surface area contributed by atoms with Gasteiger partial charge in [0.05, 0.1) is 6.61 Å². The Labute approximate surface area is 162 Å². The molecule has 0 radical (unpaired) electrons. The number of carbonyl (C=O) groups is 2. The molecule has 1 aromatic rings. The molecule has 0 saturated carbocycles. The van der Waals surface area contributed by atoms with Crippen molar-refractivity contribution in [2.45, 2.75) is 39.6 Å². The Hall–Kier alpha value is -2.53. The number of rotatable bonds is 4. The van der Waals surface area contributed by atoms with Crippen molar-refractivity contribution >= 4 is 11.9 Å². The number of nitrogens with one attached hydrogen (secondary N) is 1. The van der Waals surface area contributed by atoms with Gasteiger partial charge in [-0.05, 0) is 13.8 Å². The Bertz CT molecular complexity index is 840. The molecule has 0 bridgehead atoms. The highest BCUT2D eigenvalue weighted by atomic mass is 19.2. The van der Waals surface area contributed by atoms with Gasteiger partial charge in [-0.1, -0.05) is 13.8 Å². The number of benzene rings is 1. The zero-order chi connectivity index (χ0) is 22.1. The fourth-order valence-electron chi connectivity index (χ4n) is 2.40. The molecule has 160 valence electrons. The average molecular weight is 423 g/mol. The van der Waals surface area contributed by atoms with Crippen LogP contribution in [0.4, 0.5) is 22.0 Å². The minimum Gasteiger partial charge on any atom is -0.417 e. The molecule has 1 aliphatic rings. The van der Waals surface area contributed by atoms with Gasteiger partial charge in [0, 0.05) is 17.7 Å². The van der Waals surface area contributed by atoms with Crippen LogP contribution in [-0.2, 0) is 19.1 Å². The minimum atomic E-state index is -2.38. The van der Waals surface area contributed by atoms with Crippen LogP contribution in [0.2, 0.25) is 0 Å². The molecular weight excluding hydrogens is 405 g/mol. The van der Waals surface area contributed by atoms with Crippen LogP contribution in [-0.4, -0.2) is 30.4 Å². The van der Waals surface area contributed by atoms with Gasteiger partial charge in [0.15, 0.2) is 5.79 Å². The number of halogens is 5. The molecule has 1 heterocycles. The normalized spacial score (nSPS) is 20.5. The van der Waals surface area contributed by atoms with Crippen LogP contribution in [0.25, 0.3) is 0 Å². The Balaban J connectivity index is 2.06. The van der Waals surface area contributed by atoms with Gasteiger partial charge in [-0.3, -0.25) is 4.79 Å². The summed E-state index contributed by atoms with van der Waals surface area (Å²) in [5, 5.41) is 2.23. The van der Waals surface area contributed by atoms with Crippen LogP contribution in [0, 0.1) is 34.5 Å². The predicted molar refractivity (Wildman–Crippen MR) is 87.8 cm³/mol. The first kappa shape index (κ1) is 22.8. The highest BCUT2D eigenvalue weighted by molar-refractivity contribution is 5.86. The second-order valence-corrected chi connectivity index (χ2v) is 7.34. The molecule has 1 saturated heterocycles. The van der Waals surface area contributed by atoms with E-state index in [9.17, 15) is 31.5 Å². The van der Waals surface area contributed by atoms with Gasteiger partial charge in [-0.15, -0.1) is 0 Å². The van der Waals surface area contributed by atoms with E-state index in [0.717, 1.165) is 6.20 Å². The van der Waals surface area contributed by atoms with E-state index in [1.54, 1.807) is 27.7 Å². The van der Waals surface area contributed by atoms with Crippen molar-refractivity contribution in [3.05, 3.63) is 41.4 Å². The molecule has 1 N–H and O–H groups in total. The summed E-state index contributed by atoms with van der Waals surface area (Å²) in [5.74, 6) is -16.4. The Morgan fingerprint density at radius 1 is 1.00 bits per heavy atom. The molecule has 1 atom stereocenters. The molecule has 29 heavy (non-hydrogen) atoms. The number of esters is 1. The van der Waals surface area contributed by atoms with E-state index in [-0.39, 0.29) is 6.61 Å². The number of hydrogen-bond donors (Lipinski definition) is 1. The van der Waals surface area contributed by atoms with Crippen LogP contribution >= 0.6 is 0 Å². The monoisotopic (exact) mass is 423 g/mol. The Kier molecular flexibility index (Phi) is 6.33. The largest absolute Gasteiger partial charge is 0.417 e. The summed E-state index contributed by atoms with van der Waals surface area (Å²) in [7, 11) is 0. The SMILES string of the molecule is CC1(C)OCC(C)(C)[C@H](C(=O)N/C=C\C(=O)Oc2c(F)c(F)c(F)c(F)c2F)O1. The first-order valence-corrected chi connectivity index (χ1v) is 8.29. The molecule has 1 aliphatic heterocycles. The molecule has 1 amide bonds.